The summed E-state index contributed by atoms with van der Waals surface area (Å²) in [6, 6.07) is 2.22. The number of carbonyl (C=O) groups is 2. The number of benzene rings is 1. The van der Waals surface area contributed by atoms with E-state index in [2.05, 4.69) is 9.72 Å². The first-order chi connectivity index (χ1) is 10.7. The molecule has 0 aliphatic rings. The van der Waals surface area contributed by atoms with Crippen LogP contribution in [0.3, 0.4) is 0 Å². The average Bonchev–Trinajstić information content (AvgIpc) is 2.55. The zero-order valence-corrected chi connectivity index (χ0v) is 11.3. The normalized spacial score (nSPS) is 10.5. The van der Waals surface area contributed by atoms with Crippen LogP contribution in [0.5, 0.6) is 5.75 Å². The quantitative estimate of drug-likeness (QED) is 0.216. The van der Waals surface area contributed by atoms with Gasteiger partial charge in [-0.25, -0.2) is 22.9 Å². The molecular formula is C14H6F5NO3. The summed E-state index contributed by atoms with van der Waals surface area (Å²) in [5.41, 5.74) is -0.494. The number of pyridine rings is 1. The second kappa shape index (κ2) is 6.11. The minimum Gasteiger partial charge on any atom is -0.415 e. The van der Waals surface area contributed by atoms with E-state index < -0.39 is 52.3 Å². The molecule has 0 saturated carbocycles. The number of halogens is 5. The fourth-order valence-electron chi connectivity index (χ4n) is 1.58. The summed E-state index contributed by atoms with van der Waals surface area (Å²) in [6.07, 6.45) is 1.05. The van der Waals surface area contributed by atoms with Gasteiger partial charge in [-0.15, -0.1) is 0 Å². The van der Waals surface area contributed by atoms with Crippen LogP contribution in [0.25, 0.3) is 0 Å². The molecule has 0 unspecified atom stereocenters. The van der Waals surface area contributed by atoms with Crippen molar-refractivity contribution in [1.29, 1.82) is 0 Å². The van der Waals surface area contributed by atoms with Crippen LogP contribution in [0.4, 0.5) is 22.0 Å². The van der Waals surface area contributed by atoms with Crippen LogP contribution in [0.1, 0.15) is 27.8 Å². The second-order valence-corrected chi connectivity index (χ2v) is 4.27. The van der Waals surface area contributed by atoms with Crippen molar-refractivity contribution < 1.29 is 36.3 Å². The van der Waals surface area contributed by atoms with Gasteiger partial charge in [0, 0.05) is 11.8 Å². The van der Waals surface area contributed by atoms with E-state index in [9.17, 15) is 31.5 Å². The van der Waals surface area contributed by atoms with Gasteiger partial charge in [-0.05, 0) is 19.1 Å². The lowest BCUT2D eigenvalue weighted by Gasteiger charge is -2.08. The first kappa shape index (κ1) is 16.5. The first-order valence-electron chi connectivity index (χ1n) is 5.94. The van der Waals surface area contributed by atoms with E-state index >= 15 is 0 Å². The maximum Gasteiger partial charge on any atom is 0.362 e. The van der Waals surface area contributed by atoms with Gasteiger partial charge in [0.2, 0.25) is 34.8 Å². The Labute approximate surface area is 125 Å². The van der Waals surface area contributed by atoms with Crippen LogP contribution in [0.15, 0.2) is 18.3 Å². The molecule has 2 aromatic rings. The second-order valence-electron chi connectivity index (χ2n) is 4.27. The molecule has 4 nitrogen and oxygen atoms in total. The van der Waals surface area contributed by atoms with E-state index in [1.54, 1.807) is 0 Å². The Morgan fingerprint density at radius 3 is 2.00 bits per heavy atom. The average molecular weight is 331 g/mol. The zero-order chi connectivity index (χ0) is 17.3. The van der Waals surface area contributed by atoms with Crippen molar-refractivity contribution in [1.82, 2.24) is 4.98 Å². The molecule has 23 heavy (non-hydrogen) atoms. The smallest absolute Gasteiger partial charge is 0.362 e. The number of hydrogen-bond donors (Lipinski definition) is 0. The highest BCUT2D eigenvalue weighted by atomic mass is 19.2. The van der Waals surface area contributed by atoms with Crippen LogP contribution in [-0.4, -0.2) is 16.7 Å². The summed E-state index contributed by atoms with van der Waals surface area (Å²) in [5, 5.41) is 0. The Bertz CT molecular complexity index is 793. The Morgan fingerprint density at radius 1 is 0.957 bits per heavy atom. The largest absolute Gasteiger partial charge is 0.415 e. The van der Waals surface area contributed by atoms with Crippen molar-refractivity contribution in [3.63, 3.8) is 0 Å². The highest BCUT2D eigenvalue weighted by molar-refractivity contribution is 5.97. The van der Waals surface area contributed by atoms with Gasteiger partial charge in [0.05, 0.1) is 0 Å². The van der Waals surface area contributed by atoms with E-state index in [0.29, 0.717) is 0 Å². The summed E-state index contributed by atoms with van der Waals surface area (Å²) in [5.74, 6) is -15.1. The molecule has 0 fully saturated rings. The SMILES string of the molecule is CC(=O)c1ccnc(C(=O)Oc2c(F)c(F)c(F)c(F)c2F)c1. The Morgan fingerprint density at radius 2 is 1.48 bits per heavy atom. The highest BCUT2D eigenvalue weighted by Crippen LogP contribution is 2.29. The number of hydrogen-bond acceptors (Lipinski definition) is 4. The number of carbonyl (C=O) groups excluding carboxylic acids is 2. The van der Waals surface area contributed by atoms with E-state index in [1.165, 1.54) is 13.0 Å². The molecule has 0 N–H and O–H groups in total. The van der Waals surface area contributed by atoms with Crippen molar-refractivity contribution in [3.05, 3.63) is 58.7 Å². The standard InChI is InChI=1S/C14H6F5NO3/c1-5(21)6-2-3-20-7(4-6)14(22)23-13-11(18)9(16)8(15)10(17)12(13)19/h2-4H,1H3. The molecule has 1 heterocycles. The van der Waals surface area contributed by atoms with Gasteiger partial charge in [0.1, 0.15) is 5.69 Å². The van der Waals surface area contributed by atoms with Crippen molar-refractivity contribution >= 4 is 11.8 Å². The number of Topliss-reactive ketones (excluding diaryl/α,β-unsaturated/α-hetero) is 1. The summed E-state index contributed by atoms with van der Waals surface area (Å²) in [7, 11) is 0. The molecule has 2 rings (SSSR count). The molecule has 0 atom stereocenters. The Kier molecular flexibility index (Phi) is 4.39. The topological polar surface area (TPSA) is 56.3 Å². The van der Waals surface area contributed by atoms with Crippen LogP contribution in [0, 0.1) is 29.1 Å². The van der Waals surface area contributed by atoms with Gasteiger partial charge in [-0.3, -0.25) is 4.79 Å². The lowest BCUT2D eigenvalue weighted by molar-refractivity contribution is 0.0710. The van der Waals surface area contributed by atoms with Crippen molar-refractivity contribution in [2.24, 2.45) is 0 Å². The molecule has 0 aliphatic carbocycles. The van der Waals surface area contributed by atoms with Crippen molar-refractivity contribution in [2.45, 2.75) is 6.92 Å². The van der Waals surface area contributed by atoms with Crippen LogP contribution in [-0.2, 0) is 0 Å². The van der Waals surface area contributed by atoms with E-state index in [0.717, 1.165) is 12.3 Å². The molecule has 0 aliphatic heterocycles. The third-order valence-corrected chi connectivity index (χ3v) is 2.74. The Hall–Kier alpha value is -2.84. The summed E-state index contributed by atoms with van der Waals surface area (Å²) < 4.78 is 69.9. The molecule has 1 aromatic heterocycles. The summed E-state index contributed by atoms with van der Waals surface area (Å²) in [4.78, 5) is 26.4. The number of aromatic nitrogens is 1. The number of ether oxygens (including phenoxy) is 1. The van der Waals surface area contributed by atoms with Gasteiger partial charge in [-0.2, -0.15) is 8.78 Å². The summed E-state index contributed by atoms with van der Waals surface area (Å²) >= 11 is 0. The third kappa shape index (κ3) is 3.03. The minimum absolute atomic E-state index is 0.0457. The third-order valence-electron chi connectivity index (χ3n) is 2.74. The fourth-order valence-corrected chi connectivity index (χ4v) is 1.58. The maximum atomic E-state index is 13.4. The monoisotopic (exact) mass is 331 g/mol. The first-order valence-corrected chi connectivity index (χ1v) is 5.94. The number of esters is 1. The van der Waals surface area contributed by atoms with Gasteiger partial charge in [0.15, 0.2) is 5.78 Å². The molecule has 0 amide bonds. The lowest BCUT2D eigenvalue weighted by atomic mass is 10.1. The lowest BCUT2D eigenvalue weighted by Crippen LogP contribution is -2.15. The molecule has 120 valence electrons. The molecular weight excluding hydrogens is 325 g/mol. The highest BCUT2D eigenvalue weighted by Gasteiger charge is 2.29. The molecule has 0 saturated heterocycles. The molecule has 0 bridgehead atoms. The van der Waals surface area contributed by atoms with E-state index in [-0.39, 0.29) is 5.56 Å². The van der Waals surface area contributed by atoms with E-state index in [1.807, 2.05) is 0 Å². The number of ketones is 1. The van der Waals surface area contributed by atoms with E-state index in [4.69, 9.17) is 0 Å². The van der Waals surface area contributed by atoms with Crippen LogP contribution >= 0.6 is 0 Å². The predicted octanol–water partition coefficient (Wildman–Crippen LogP) is 3.20. The number of nitrogens with zero attached hydrogens (tertiary/aromatic N) is 1. The van der Waals surface area contributed by atoms with Crippen molar-refractivity contribution in [3.8, 4) is 5.75 Å². The Balaban J connectivity index is 2.42. The van der Waals surface area contributed by atoms with Crippen LogP contribution in [0.2, 0.25) is 0 Å². The van der Waals surface area contributed by atoms with Crippen molar-refractivity contribution in [2.75, 3.05) is 0 Å². The fraction of sp³-hybridized carbons (Fsp3) is 0.0714. The molecule has 0 radical (unpaired) electrons. The van der Waals surface area contributed by atoms with Gasteiger partial charge in [-0.1, -0.05) is 0 Å². The van der Waals surface area contributed by atoms with Crippen LogP contribution < -0.4 is 4.74 Å². The summed E-state index contributed by atoms with van der Waals surface area (Å²) in [6.45, 7) is 1.19. The predicted molar refractivity (Wildman–Crippen MR) is 65.4 cm³/mol. The maximum absolute atomic E-state index is 13.4. The molecule has 1 aromatic carbocycles. The van der Waals surface area contributed by atoms with Gasteiger partial charge in [0.25, 0.3) is 0 Å². The van der Waals surface area contributed by atoms with Gasteiger partial charge >= 0.3 is 5.97 Å². The molecule has 0 spiro atoms. The minimum atomic E-state index is -2.38. The van der Waals surface area contributed by atoms with Gasteiger partial charge < -0.3 is 4.74 Å². The number of rotatable bonds is 3. The molecule has 9 heteroatoms. The zero-order valence-electron chi connectivity index (χ0n) is 11.3.